The molecule has 6 nitrogen and oxygen atoms in total. The highest BCUT2D eigenvalue weighted by molar-refractivity contribution is 5.76. The third-order valence-corrected chi connectivity index (χ3v) is 15.6. The van der Waals surface area contributed by atoms with Crippen molar-refractivity contribution < 1.29 is 24.5 Å². The molecule has 0 spiro atoms. The van der Waals surface area contributed by atoms with Gasteiger partial charge in [0.25, 0.3) is 0 Å². The largest absolute Gasteiger partial charge is 0.466 e. The molecule has 0 aromatic heterocycles. The Balaban J connectivity index is 3.36. The number of aliphatic hydroxyl groups excluding tert-OH is 2. The number of carbonyl (C=O) groups is 2. The van der Waals surface area contributed by atoms with Gasteiger partial charge in [0.15, 0.2) is 0 Å². The molecule has 0 aliphatic carbocycles. The molecule has 0 aromatic carbocycles. The second-order valence-corrected chi connectivity index (χ2v) is 23.1. The van der Waals surface area contributed by atoms with Gasteiger partial charge in [0, 0.05) is 12.8 Å². The minimum atomic E-state index is -0.661. The van der Waals surface area contributed by atoms with Gasteiger partial charge in [-0.25, -0.2) is 0 Å². The van der Waals surface area contributed by atoms with Gasteiger partial charge in [-0.15, -0.1) is 0 Å². The Morgan fingerprint density at radius 2 is 0.658 bits per heavy atom. The van der Waals surface area contributed by atoms with Crippen molar-refractivity contribution >= 4 is 11.9 Å². The third kappa shape index (κ3) is 61.0. The number of carbonyl (C=O) groups excluding carboxylic acids is 2. The van der Waals surface area contributed by atoms with E-state index in [9.17, 15) is 19.8 Å². The zero-order valence-electron chi connectivity index (χ0n) is 51.0. The first-order valence-electron chi connectivity index (χ1n) is 33.9. The first-order chi connectivity index (χ1) is 37.5. The summed E-state index contributed by atoms with van der Waals surface area (Å²) in [6.45, 7) is 4.93. The van der Waals surface area contributed by atoms with Crippen molar-refractivity contribution in [3.05, 3.63) is 48.6 Å². The zero-order chi connectivity index (χ0) is 55.0. The van der Waals surface area contributed by atoms with Crippen LogP contribution in [0.4, 0.5) is 0 Å². The van der Waals surface area contributed by atoms with E-state index in [0.29, 0.717) is 25.9 Å². The van der Waals surface area contributed by atoms with Gasteiger partial charge in [0.2, 0.25) is 5.91 Å². The van der Waals surface area contributed by atoms with Gasteiger partial charge < -0.3 is 20.3 Å². The maximum absolute atomic E-state index is 12.4. The highest BCUT2D eigenvalue weighted by Gasteiger charge is 2.20. The van der Waals surface area contributed by atoms with Crippen LogP contribution >= 0.6 is 0 Å². The molecule has 0 fully saturated rings. The Morgan fingerprint density at radius 1 is 0.368 bits per heavy atom. The SMILES string of the molecule is CCCCCC/C=C\C/C=C\CCCCCCCC(=O)OCCCCCCCCCCC/C=C\C/C=C\CCCCCCCCCCCCCCCCCCCC(=O)NC(CO)C(O)CCCCCCCCCCCC. The number of allylic oxidation sites excluding steroid dienone is 8. The predicted octanol–water partition coefficient (Wildman–Crippen LogP) is 21.7. The number of nitrogens with one attached hydrogen (secondary N) is 1. The topological polar surface area (TPSA) is 95.9 Å². The molecule has 1 amide bonds. The number of amides is 1. The van der Waals surface area contributed by atoms with Gasteiger partial charge >= 0.3 is 5.97 Å². The number of esters is 1. The normalized spacial score (nSPS) is 12.8. The quantitative estimate of drug-likeness (QED) is 0.0320. The van der Waals surface area contributed by atoms with Crippen LogP contribution in [0.2, 0.25) is 0 Å². The molecule has 76 heavy (non-hydrogen) atoms. The smallest absolute Gasteiger partial charge is 0.305 e. The molecule has 3 N–H and O–H groups in total. The van der Waals surface area contributed by atoms with E-state index in [2.05, 4.69) is 67.8 Å². The van der Waals surface area contributed by atoms with Crippen LogP contribution in [-0.2, 0) is 14.3 Å². The molecule has 0 bridgehead atoms. The first kappa shape index (κ1) is 73.8. The second kappa shape index (κ2) is 65.3. The predicted molar refractivity (Wildman–Crippen MR) is 333 cm³/mol. The lowest BCUT2D eigenvalue weighted by atomic mass is 10.0. The summed E-state index contributed by atoms with van der Waals surface area (Å²) in [6.07, 6.45) is 84.5. The molecular formula is C70H131NO5. The molecule has 6 heteroatoms. The molecule has 0 aromatic rings. The monoisotopic (exact) mass is 1070 g/mol. The summed E-state index contributed by atoms with van der Waals surface area (Å²) in [5.74, 6) is -0.0334. The zero-order valence-corrected chi connectivity index (χ0v) is 51.0. The minimum absolute atomic E-state index is 0.000548. The fourth-order valence-electron chi connectivity index (χ4n) is 10.4. The lowest BCUT2D eigenvalue weighted by Crippen LogP contribution is -2.45. The molecule has 0 radical (unpaired) electrons. The average molecular weight is 1070 g/mol. The van der Waals surface area contributed by atoms with Gasteiger partial charge in [-0.3, -0.25) is 9.59 Å². The molecule has 0 saturated heterocycles. The van der Waals surface area contributed by atoms with Gasteiger partial charge in [0.05, 0.1) is 25.4 Å². The van der Waals surface area contributed by atoms with Gasteiger partial charge in [0.1, 0.15) is 0 Å². The van der Waals surface area contributed by atoms with Crippen molar-refractivity contribution in [1.82, 2.24) is 5.32 Å². The number of unbranched alkanes of at least 4 members (excludes halogenated alkanes) is 44. The van der Waals surface area contributed by atoms with Crippen molar-refractivity contribution in [2.45, 2.75) is 373 Å². The Bertz CT molecular complexity index is 1270. The third-order valence-electron chi connectivity index (χ3n) is 15.6. The summed E-state index contributed by atoms with van der Waals surface area (Å²) in [6, 6.07) is -0.539. The molecular weight excluding hydrogens is 935 g/mol. The highest BCUT2D eigenvalue weighted by atomic mass is 16.5. The van der Waals surface area contributed by atoms with E-state index in [4.69, 9.17) is 4.74 Å². The molecule has 2 atom stereocenters. The van der Waals surface area contributed by atoms with Crippen LogP contribution in [-0.4, -0.2) is 47.4 Å². The molecule has 0 aliphatic heterocycles. The number of hydrogen-bond donors (Lipinski definition) is 3. The van der Waals surface area contributed by atoms with E-state index in [1.165, 1.54) is 270 Å². The number of rotatable bonds is 63. The standard InChI is InChI=1S/C70H131NO5/c1-3-5-7-9-11-13-15-16-17-38-41-44-48-52-56-60-64-70(75)76-65-61-57-53-49-45-42-39-36-34-32-30-28-26-24-22-20-18-19-21-23-25-27-29-31-33-35-37-40-43-47-51-55-59-63-69(74)71-67(66-72)68(73)62-58-54-50-46-14-12-10-8-6-4-2/h13,15,17,22,24,28,30,38,67-68,72-73H,3-12,14,16,18-21,23,25-27,29,31-37,39-66H2,1-2H3,(H,71,74)/b15-13-,24-22-,30-28-,38-17-. The molecule has 0 heterocycles. The van der Waals surface area contributed by atoms with Crippen molar-refractivity contribution in [1.29, 1.82) is 0 Å². The van der Waals surface area contributed by atoms with E-state index in [1.807, 2.05) is 0 Å². The summed E-state index contributed by atoms with van der Waals surface area (Å²) in [5, 5.41) is 23.2. The van der Waals surface area contributed by atoms with Crippen LogP contribution in [0.3, 0.4) is 0 Å². The summed E-state index contributed by atoms with van der Waals surface area (Å²) in [5.41, 5.74) is 0. The molecule has 446 valence electrons. The summed E-state index contributed by atoms with van der Waals surface area (Å²) in [4.78, 5) is 24.5. The van der Waals surface area contributed by atoms with Crippen molar-refractivity contribution in [2.24, 2.45) is 0 Å². The maximum Gasteiger partial charge on any atom is 0.305 e. The minimum Gasteiger partial charge on any atom is -0.466 e. The number of hydrogen-bond acceptors (Lipinski definition) is 5. The van der Waals surface area contributed by atoms with Gasteiger partial charge in [-0.2, -0.15) is 0 Å². The van der Waals surface area contributed by atoms with E-state index in [1.54, 1.807) is 0 Å². The Hall–Kier alpha value is -2.18. The molecule has 2 unspecified atom stereocenters. The lowest BCUT2D eigenvalue weighted by molar-refractivity contribution is -0.143. The maximum atomic E-state index is 12.4. The van der Waals surface area contributed by atoms with E-state index >= 15 is 0 Å². The van der Waals surface area contributed by atoms with Crippen LogP contribution < -0.4 is 5.32 Å². The van der Waals surface area contributed by atoms with Crippen LogP contribution in [0.1, 0.15) is 361 Å². The molecule has 0 aliphatic rings. The van der Waals surface area contributed by atoms with Crippen LogP contribution in [0.5, 0.6) is 0 Å². The Morgan fingerprint density at radius 3 is 1.01 bits per heavy atom. The Kier molecular flexibility index (Phi) is 63.5. The van der Waals surface area contributed by atoms with E-state index in [0.717, 1.165) is 57.8 Å². The number of ether oxygens (including phenoxy) is 1. The van der Waals surface area contributed by atoms with Crippen molar-refractivity contribution in [3.63, 3.8) is 0 Å². The van der Waals surface area contributed by atoms with Crippen molar-refractivity contribution in [3.8, 4) is 0 Å². The highest BCUT2D eigenvalue weighted by Crippen LogP contribution is 2.18. The van der Waals surface area contributed by atoms with E-state index in [-0.39, 0.29) is 18.5 Å². The molecule has 0 rings (SSSR count). The van der Waals surface area contributed by atoms with E-state index < -0.39 is 12.1 Å². The summed E-state index contributed by atoms with van der Waals surface area (Å²) >= 11 is 0. The van der Waals surface area contributed by atoms with Gasteiger partial charge in [-0.1, -0.05) is 306 Å². The lowest BCUT2D eigenvalue weighted by Gasteiger charge is -2.22. The fraction of sp³-hybridized carbons (Fsp3) is 0.857. The van der Waals surface area contributed by atoms with Gasteiger partial charge in [-0.05, 0) is 89.9 Å². The Labute approximate surface area is 474 Å². The average Bonchev–Trinajstić information content (AvgIpc) is 3.42. The van der Waals surface area contributed by atoms with Crippen LogP contribution in [0.25, 0.3) is 0 Å². The second-order valence-electron chi connectivity index (χ2n) is 23.1. The summed E-state index contributed by atoms with van der Waals surface area (Å²) < 4.78 is 5.48. The summed E-state index contributed by atoms with van der Waals surface area (Å²) in [7, 11) is 0. The fourth-order valence-corrected chi connectivity index (χ4v) is 10.4. The van der Waals surface area contributed by atoms with Crippen LogP contribution in [0, 0.1) is 0 Å². The first-order valence-corrected chi connectivity index (χ1v) is 33.9. The van der Waals surface area contributed by atoms with Crippen LogP contribution in [0.15, 0.2) is 48.6 Å². The number of aliphatic hydroxyl groups is 2. The molecule has 0 saturated carbocycles. The van der Waals surface area contributed by atoms with Crippen molar-refractivity contribution in [2.75, 3.05) is 13.2 Å².